The fraction of sp³-hybridized carbons (Fsp3) is 0.267. The third kappa shape index (κ3) is 2.45. The number of amides is 2. The van der Waals surface area contributed by atoms with Gasteiger partial charge in [-0.15, -0.1) is 0 Å². The molecule has 0 unspecified atom stereocenters. The Hall–Kier alpha value is -2.03. The lowest BCUT2D eigenvalue weighted by Crippen LogP contribution is -2.30. The van der Waals surface area contributed by atoms with Gasteiger partial charge in [0.05, 0.1) is 5.69 Å². The van der Waals surface area contributed by atoms with Crippen LogP contribution in [0.15, 0.2) is 42.5 Å². The van der Waals surface area contributed by atoms with Gasteiger partial charge >= 0.3 is 6.03 Å². The van der Waals surface area contributed by atoms with Gasteiger partial charge < -0.3 is 10.6 Å². The van der Waals surface area contributed by atoms with Crippen LogP contribution >= 0.6 is 0 Å². The molecule has 2 N–H and O–H groups in total. The smallest absolute Gasteiger partial charge is 0.319 e. The first-order valence-electron chi connectivity index (χ1n) is 6.35. The van der Waals surface area contributed by atoms with Gasteiger partial charge in [-0.05, 0) is 30.2 Å². The molecule has 3 heteroatoms. The molecule has 18 heavy (non-hydrogen) atoms. The summed E-state index contributed by atoms with van der Waals surface area (Å²) in [5.74, 6) is 0.697. The molecule has 1 aliphatic rings. The summed E-state index contributed by atoms with van der Waals surface area (Å²) in [7, 11) is 0. The minimum Gasteiger partial charge on any atom is -0.338 e. The molecule has 0 bridgehead atoms. The molecule has 2 amide bonds. The molecular weight excluding hydrogens is 224 g/mol. The SMILES string of the molecule is O=C(NCC1CC1)Nc1cccc2ccccc12. The molecule has 2 aromatic carbocycles. The molecule has 1 saturated carbocycles. The molecule has 1 aliphatic carbocycles. The Bertz CT molecular complexity index is 570. The van der Waals surface area contributed by atoms with Crippen LogP contribution in [0.1, 0.15) is 12.8 Å². The Morgan fingerprint density at radius 3 is 2.72 bits per heavy atom. The van der Waals surface area contributed by atoms with E-state index in [1.807, 2.05) is 42.5 Å². The van der Waals surface area contributed by atoms with Gasteiger partial charge in [-0.2, -0.15) is 0 Å². The van der Waals surface area contributed by atoms with Gasteiger partial charge in [0.2, 0.25) is 0 Å². The molecule has 0 spiro atoms. The van der Waals surface area contributed by atoms with Crippen molar-refractivity contribution < 1.29 is 4.79 Å². The zero-order valence-electron chi connectivity index (χ0n) is 10.1. The van der Waals surface area contributed by atoms with E-state index in [1.165, 1.54) is 12.8 Å². The number of carbonyl (C=O) groups excluding carboxylic acids is 1. The van der Waals surface area contributed by atoms with Crippen molar-refractivity contribution in [2.45, 2.75) is 12.8 Å². The van der Waals surface area contributed by atoms with Gasteiger partial charge in [0.25, 0.3) is 0 Å². The van der Waals surface area contributed by atoms with Crippen molar-refractivity contribution >= 4 is 22.5 Å². The maximum Gasteiger partial charge on any atom is 0.319 e. The lowest BCUT2D eigenvalue weighted by molar-refractivity contribution is 0.251. The van der Waals surface area contributed by atoms with E-state index < -0.39 is 0 Å². The number of anilines is 1. The largest absolute Gasteiger partial charge is 0.338 e. The molecule has 2 aromatic rings. The van der Waals surface area contributed by atoms with E-state index in [4.69, 9.17) is 0 Å². The van der Waals surface area contributed by atoms with Gasteiger partial charge in [-0.3, -0.25) is 0 Å². The van der Waals surface area contributed by atoms with Crippen molar-refractivity contribution in [1.82, 2.24) is 5.32 Å². The van der Waals surface area contributed by atoms with Crippen molar-refractivity contribution in [3.63, 3.8) is 0 Å². The number of urea groups is 1. The van der Waals surface area contributed by atoms with E-state index >= 15 is 0 Å². The van der Waals surface area contributed by atoms with Gasteiger partial charge in [-0.25, -0.2) is 4.79 Å². The molecule has 1 fully saturated rings. The Kier molecular flexibility index (Phi) is 2.89. The highest BCUT2D eigenvalue weighted by atomic mass is 16.2. The number of hydrogen-bond donors (Lipinski definition) is 2. The maximum atomic E-state index is 11.8. The molecule has 92 valence electrons. The average Bonchev–Trinajstić information content (AvgIpc) is 3.21. The molecule has 0 atom stereocenters. The summed E-state index contributed by atoms with van der Waals surface area (Å²) in [6.07, 6.45) is 2.49. The topological polar surface area (TPSA) is 41.1 Å². The summed E-state index contributed by atoms with van der Waals surface area (Å²) >= 11 is 0. The lowest BCUT2D eigenvalue weighted by atomic mass is 10.1. The fourth-order valence-corrected chi connectivity index (χ4v) is 2.06. The van der Waals surface area contributed by atoms with E-state index in [-0.39, 0.29) is 6.03 Å². The first-order valence-corrected chi connectivity index (χ1v) is 6.35. The monoisotopic (exact) mass is 240 g/mol. The second-order valence-electron chi connectivity index (χ2n) is 4.81. The summed E-state index contributed by atoms with van der Waals surface area (Å²) in [6.45, 7) is 0.788. The predicted molar refractivity (Wildman–Crippen MR) is 73.7 cm³/mol. The Balaban J connectivity index is 1.74. The normalized spacial score (nSPS) is 14.4. The zero-order chi connectivity index (χ0) is 12.4. The zero-order valence-corrected chi connectivity index (χ0v) is 10.1. The van der Waals surface area contributed by atoms with Crippen LogP contribution in [0.3, 0.4) is 0 Å². The van der Waals surface area contributed by atoms with Crippen molar-refractivity contribution in [3.05, 3.63) is 42.5 Å². The number of rotatable bonds is 3. The number of carbonyl (C=O) groups is 1. The minimum atomic E-state index is -0.113. The number of fused-ring (bicyclic) bond motifs is 1. The second kappa shape index (κ2) is 4.69. The van der Waals surface area contributed by atoms with Crippen LogP contribution in [0, 0.1) is 5.92 Å². The van der Waals surface area contributed by atoms with Crippen LogP contribution in [0.4, 0.5) is 10.5 Å². The third-order valence-electron chi connectivity index (χ3n) is 3.29. The summed E-state index contributed by atoms with van der Waals surface area (Å²) in [5.41, 5.74) is 0.862. The van der Waals surface area contributed by atoms with E-state index in [9.17, 15) is 4.79 Å². The fourth-order valence-electron chi connectivity index (χ4n) is 2.06. The van der Waals surface area contributed by atoms with Gasteiger partial charge in [-0.1, -0.05) is 36.4 Å². The lowest BCUT2D eigenvalue weighted by Gasteiger charge is -2.09. The van der Waals surface area contributed by atoms with Crippen LogP contribution in [0.2, 0.25) is 0 Å². The standard InChI is InChI=1S/C15H16N2O/c18-15(16-10-11-8-9-11)17-14-7-3-5-12-4-1-2-6-13(12)14/h1-7,11H,8-10H2,(H2,16,17,18). The van der Waals surface area contributed by atoms with Crippen LogP contribution in [-0.2, 0) is 0 Å². The van der Waals surface area contributed by atoms with Gasteiger partial charge in [0.15, 0.2) is 0 Å². The predicted octanol–water partition coefficient (Wildman–Crippen LogP) is 3.37. The first kappa shape index (κ1) is 11.1. The highest BCUT2D eigenvalue weighted by molar-refractivity contribution is 6.01. The number of hydrogen-bond acceptors (Lipinski definition) is 1. The summed E-state index contributed by atoms with van der Waals surface area (Å²) in [5, 5.41) is 8.03. The minimum absolute atomic E-state index is 0.113. The Morgan fingerprint density at radius 1 is 1.11 bits per heavy atom. The molecule has 0 aliphatic heterocycles. The highest BCUT2D eigenvalue weighted by Gasteiger charge is 2.21. The molecule has 3 rings (SSSR count). The van der Waals surface area contributed by atoms with Gasteiger partial charge in [0.1, 0.15) is 0 Å². The third-order valence-corrected chi connectivity index (χ3v) is 3.29. The van der Waals surface area contributed by atoms with Crippen LogP contribution < -0.4 is 10.6 Å². The van der Waals surface area contributed by atoms with Crippen LogP contribution in [0.25, 0.3) is 10.8 Å². The van der Waals surface area contributed by atoms with E-state index in [2.05, 4.69) is 10.6 Å². The highest BCUT2D eigenvalue weighted by Crippen LogP contribution is 2.27. The van der Waals surface area contributed by atoms with Crippen LogP contribution in [-0.4, -0.2) is 12.6 Å². The maximum absolute atomic E-state index is 11.8. The summed E-state index contributed by atoms with van der Waals surface area (Å²) < 4.78 is 0. The van der Waals surface area contributed by atoms with E-state index in [1.54, 1.807) is 0 Å². The van der Waals surface area contributed by atoms with E-state index in [0.717, 1.165) is 23.0 Å². The molecule has 3 nitrogen and oxygen atoms in total. The quantitative estimate of drug-likeness (QED) is 0.848. The molecule has 0 radical (unpaired) electrons. The second-order valence-corrected chi connectivity index (χ2v) is 4.81. The summed E-state index contributed by atoms with van der Waals surface area (Å²) in [4.78, 5) is 11.8. The summed E-state index contributed by atoms with van der Waals surface area (Å²) in [6, 6.07) is 13.9. The Labute approximate surface area is 106 Å². The number of nitrogens with one attached hydrogen (secondary N) is 2. The first-order chi connectivity index (χ1) is 8.83. The van der Waals surface area contributed by atoms with Crippen molar-refractivity contribution in [1.29, 1.82) is 0 Å². The molecule has 0 heterocycles. The Morgan fingerprint density at radius 2 is 1.89 bits per heavy atom. The van der Waals surface area contributed by atoms with Crippen LogP contribution in [0.5, 0.6) is 0 Å². The van der Waals surface area contributed by atoms with Crippen molar-refractivity contribution in [2.24, 2.45) is 5.92 Å². The van der Waals surface area contributed by atoms with Crippen molar-refractivity contribution in [2.75, 3.05) is 11.9 Å². The molecule has 0 aromatic heterocycles. The molecule has 0 saturated heterocycles. The van der Waals surface area contributed by atoms with Crippen molar-refractivity contribution in [3.8, 4) is 0 Å². The number of benzene rings is 2. The van der Waals surface area contributed by atoms with E-state index in [0.29, 0.717) is 5.92 Å². The molecular formula is C15H16N2O. The van der Waals surface area contributed by atoms with Gasteiger partial charge in [0, 0.05) is 11.9 Å². The average molecular weight is 240 g/mol.